The fourth-order valence-corrected chi connectivity index (χ4v) is 1.00. The van der Waals surface area contributed by atoms with E-state index in [2.05, 4.69) is 11.3 Å². The van der Waals surface area contributed by atoms with Gasteiger partial charge < -0.3 is 9.47 Å². The van der Waals surface area contributed by atoms with Gasteiger partial charge in [0, 0.05) is 6.08 Å². The lowest BCUT2D eigenvalue weighted by molar-refractivity contribution is -0.132. The van der Waals surface area contributed by atoms with E-state index < -0.39 is 5.97 Å². The van der Waals surface area contributed by atoms with Crippen LogP contribution in [0.5, 0.6) is 5.75 Å². The molecule has 0 saturated heterocycles. The number of hydrogen-bond donors (Lipinski definition) is 0. The van der Waals surface area contributed by atoms with Gasteiger partial charge >= 0.3 is 5.97 Å². The van der Waals surface area contributed by atoms with Crippen LogP contribution in [-0.4, -0.2) is 13.1 Å². The lowest BCUT2D eigenvalue weighted by atomic mass is 10.2. The SMILES string of the molecule is C=COC(=O)C=Cc1ccc(OC)cc1. The summed E-state index contributed by atoms with van der Waals surface area (Å²) in [4.78, 5) is 10.9. The first kappa shape index (κ1) is 11.0. The molecule has 0 fully saturated rings. The molecule has 0 radical (unpaired) electrons. The molecule has 0 amide bonds. The van der Waals surface area contributed by atoms with Gasteiger partial charge in [0.1, 0.15) is 5.75 Å². The van der Waals surface area contributed by atoms with Gasteiger partial charge in [0.05, 0.1) is 13.4 Å². The second kappa shape index (κ2) is 5.65. The molecule has 0 aliphatic heterocycles. The minimum absolute atomic E-state index is 0.444. The van der Waals surface area contributed by atoms with Crippen molar-refractivity contribution in [1.29, 1.82) is 0 Å². The Kier molecular flexibility index (Phi) is 4.16. The van der Waals surface area contributed by atoms with Crippen LogP contribution < -0.4 is 4.74 Å². The summed E-state index contributed by atoms with van der Waals surface area (Å²) in [6, 6.07) is 7.32. The molecule has 0 unspecified atom stereocenters. The fourth-order valence-electron chi connectivity index (χ4n) is 1.00. The lowest BCUT2D eigenvalue weighted by Crippen LogP contribution is -1.92. The average Bonchev–Trinajstić information content (AvgIpc) is 2.27. The van der Waals surface area contributed by atoms with E-state index in [1.807, 2.05) is 24.3 Å². The highest BCUT2D eigenvalue weighted by Crippen LogP contribution is 2.12. The maximum atomic E-state index is 10.9. The highest BCUT2D eigenvalue weighted by Gasteiger charge is 1.93. The third kappa shape index (κ3) is 3.68. The van der Waals surface area contributed by atoms with Crippen LogP contribution in [0.2, 0.25) is 0 Å². The van der Waals surface area contributed by atoms with Gasteiger partial charge in [0.15, 0.2) is 0 Å². The minimum atomic E-state index is -0.444. The van der Waals surface area contributed by atoms with Crippen LogP contribution in [0.4, 0.5) is 0 Å². The largest absolute Gasteiger partial charge is 0.497 e. The Balaban J connectivity index is 2.64. The zero-order valence-electron chi connectivity index (χ0n) is 8.47. The molecular formula is C12H12O3. The molecule has 0 N–H and O–H groups in total. The molecule has 15 heavy (non-hydrogen) atoms. The molecule has 0 aliphatic carbocycles. The van der Waals surface area contributed by atoms with Gasteiger partial charge in [0.2, 0.25) is 0 Å². The molecule has 0 bridgehead atoms. The summed E-state index contributed by atoms with van der Waals surface area (Å²) in [7, 11) is 1.60. The normalized spacial score (nSPS) is 9.93. The molecule has 0 aromatic heterocycles. The number of ether oxygens (including phenoxy) is 2. The maximum Gasteiger partial charge on any atom is 0.335 e. The molecule has 0 saturated carbocycles. The Morgan fingerprint density at radius 3 is 2.53 bits per heavy atom. The summed E-state index contributed by atoms with van der Waals surface area (Å²) in [6.45, 7) is 3.28. The Bertz CT molecular complexity index is 363. The lowest BCUT2D eigenvalue weighted by Gasteiger charge is -1.98. The van der Waals surface area contributed by atoms with Gasteiger partial charge in [-0.2, -0.15) is 0 Å². The number of esters is 1. The second-order valence-electron chi connectivity index (χ2n) is 2.71. The van der Waals surface area contributed by atoms with Crippen molar-refractivity contribution in [2.75, 3.05) is 7.11 Å². The molecule has 0 spiro atoms. The van der Waals surface area contributed by atoms with Crippen molar-refractivity contribution >= 4 is 12.0 Å². The molecule has 0 atom stereocenters. The van der Waals surface area contributed by atoms with Crippen LogP contribution in [0, 0.1) is 0 Å². The van der Waals surface area contributed by atoms with Crippen LogP contribution in [-0.2, 0) is 9.53 Å². The van der Waals surface area contributed by atoms with Crippen molar-refractivity contribution in [3.8, 4) is 5.75 Å². The summed E-state index contributed by atoms with van der Waals surface area (Å²) < 4.78 is 9.53. The average molecular weight is 204 g/mol. The van der Waals surface area contributed by atoms with Crippen molar-refractivity contribution in [3.05, 3.63) is 48.7 Å². The zero-order chi connectivity index (χ0) is 11.1. The first-order chi connectivity index (χ1) is 7.26. The van der Waals surface area contributed by atoms with Gasteiger partial charge in [-0.15, -0.1) is 0 Å². The minimum Gasteiger partial charge on any atom is -0.497 e. The molecule has 0 aliphatic rings. The van der Waals surface area contributed by atoms with Crippen LogP contribution in [0.1, 0.15) is 5.56 Å². The number of rotatable bonds is 4. The highest BCUT2D eigenvalue weighted by atomic mass is 16.5. The summed E-state index contributed by atoms with van der Waals surface area (Å²) >= 11 is 0. The van der Waals surface area contributed by atoms with E-state index in [4.69, 9.17) is 4.74 Å². The van der Waals surface area contributed by atoms with Crippen molar-refractivity contribution in [2.45, 2.75) is 0 Å². The van der Waals surface area contributed by atoms with Crippen LogP contribution in [0.15, 0.2) is 43.2 Å². The van der Waals surface area contributed by atoms with E-state index in [1.165, 1.54) is 6.08 Å². The number of methoxy groups -OCH3 is 1. The Morgan fingerprint density at radius 2 is 2.00 bits per heavy atom. The van der Waals surface area contributed by atoms with E-state index in [0.717, 1.165) is 17.6 Å². The third-order valence-corrected chi connectivity index (χ3v) is 1.73. The molecule has 1 rings (SSSR count). The Hall–Kier alpha value is -2.03. The van der Waals surface area contributed by atoms with Gasteiger partial charge in [-0.25, -0.2) is 4.79 Å². The Morgan fingerprint density at radius 1 is 1.33 bits per heavy atom. The predicted octanol–water partition coefficient (Wildman–Crippen LogP) is 2.40. The smallest absolute Gasteiger partial charge is 0.335 e. The van der Waals surface area contributed by atoms with E-state index in [9.17, 15) is 4.79 Å². The van der Waals surface area contributed by atoms with E-state index >= 15 is 0 Å². The number of benzene rings is 1. The monoisotopic (exact) mass is 204 g/mol. The second-order valence-corrected chi connectivity index (χ2v) is 2.71. The van der Waals surface area contributed by atoms with Gasteiger partial charge in [0.25, 0.3) is 0 Å². The predicted molar refractivity (Wildman–Crippen MR) is 58.3 cm³/mol. The molecule has 3 nitrogen and oxygen atoms in total. The van der Waals surface area contributed by atoms with E-state index in [0.29, 0.717) is 0 Å². The number of hydrogen-bond acceptors (Lipinski definition) is 3. The molecule has 1 aromatic carbocycles. The first-order valence-corrected chi connectivity index (χ1v) is 4.40. The van der Waals surface area contributed by atoms with Gasteiger partial charge in [-0.3, -0.25) is 0 Å². The Labute approximate surface area is 88.6 Å². The maximum absolute atomic E-state index is 10.9. The van der Waals surface area contributed by atoms with Crippen LogP contribution >= 0.6 is 0 Å². The molecule has 1 aromatic rings. The van der Waals surface area contributed by atoms with Crippen LogP contribution in [0.25, 0.3) is 6.08 Å². The summed E-state index contributed by atoms with van der Waals surface area (Å²) in [5.74, 6) is 0.335. The summed E-state index contributed by atoms with van der Waals surface area (Å²) in [5.41, 5.74) is 0.900. The highest BCUT2D eigenvalue weighted by molar-refractivity contribution is 5.87. The van der Waals surface area contributed by atoms with E-state index in [-0.39, 0.29) is 0 Å². The number of carbonyl (C=O) groups excluding carboxylic acids is 1. The standard InChI is InChI=1S/C12H12O3/c1-3-15-12(13)9-6-10-4-7-11(14-2)8-5-10/h3-9H,1H2,2H3. The quantitative estimate of drug-likeness (QED) is 0.429. The third-order valence-electron chi connectivity index (χ3n) is 1.73. The fraction of sp³-hybridized carbons (Fsp3) is 0.0833. The first-order valence-electron chi connectivity index (χ1n) is 4.40. The van der Waals surface area contributed by atoms with E-state index in [1.54, 1.807) is 13.2 Å². The molecule has 3 heteroatoms. The van der Waals surface area contributed by atoms with Crippen molar-refractivity contribution in [3.63, 3.8) is 0 Å². The molecule has 78 valence electrons. The molecular weight excluding hydrogens is 192 g/mol. The van der Waals surface area contributed by atoms with Crippen LogP contribution in [0.3, 0.4) is 0 Å². The topological polar surface area (TPSA) is 35.5 Å². The van der Waals surface area contributed by atoms with Crippen molar-refractivity contribution in [2.24, 2.45) is 0 Å². The van der Waals surface area contributed by atoms with Gasteiger partial charge in [-0.05, 0) is 23.8 Å². The summed E-state index contributed by atoms with van der Waals surface area (Å²) in [5, 5.41) is 0. The van der Waals surface area contributed by atoms with Gasteiger partial charge in [-0.1, -0.05) is 18.7 Å². The molecule has 0 heterocycles. The van der Waals surface area contributed by atoms with Crippen molar-refractivity contribution in [1.82, 2.24) is 0 Å². The summed E-state index contributed by atoms with van der Waals surface area (Å²) in [6.07, 6.45) is 4.09. The number of carbonyl (C=O) groups is 1. The zero-order valence-corrected chi connectivity index (χ0v) is 8.47. The van der Waals surface area contributed by atoms with Crippen molar-refractivity contribution < 1.29 is 14.3 Å².